The van der Waals surface area contributed by atoms with Crippen LogP contribution in [0.15, 0.2) is 24.3 Å². The average Bonchev–Trinajstić information content (AvgIpc) is 2.38. The van der Waals surface area contributed by atoms with Gasteiger partial charge in [0, 0.05) is 23.7 Å². The lowest BCUT2D eigenvalue weighted by atomic mass is 9.97. The first-order valence-corrected chi connectivity index (χ1v) is 7.66. The summed E-state index contributed by atoms with van der Waals surface area (Å²) in [5.74, 6) is 0. The van der Waals surface area contributed by atoms with Crippen LogP contribution in [0.5, 0.6) is 0 Å². The number of likely N-dealkylation sites (N-methyl/N-ethyl adjacent to an activating group) is 1. The largest absolute Gasteiger partial charge is 0.377 e. The maximum Gasteiger partial charge on any atom is 0.0597 e. The van der Waals surface area contributed by atoms with Crippen LogP contribution in [-0.2, 0) is 4.74 Å². The zero-order valence-corrected chi connectivity index (χ0v) is 13.7. The fourth-order valence-electron chi connectivity index (χ4n) is 2.31. The lowest BCUT2D eigenvalue weighted by Gasteiger charge is -2.33. The monoisotopic (exact) mass is 298 g/mol. The molecule has 0 fully saturated rings. The molecule has 3 nitrogen and oxygen atoms in total. The van der Waals surface area contributed by atoms with Crippen molar-refractivity contribution in [2.45, 2.75) is 45.4 Å². The van der Waals surface area contributed by atoms with Crippen LogP contribution in [0.2, 0.25) is 5.02 Å². The number of hydrogen-bond donors (Lipinski definition) is 1. The number of halogens is 1. The van der Waals surface area contributed by atoms with Crippen LogP contribution in [0.4, 0.5) is 0 Å². The van der Waals surface area contributed by atoms with Gasteiger partial charge in [-0.05, 0) is 45.0 Å². The predicted octanol–water partition coefficient (Wildman–Crippen LogP) is 3.48. The van der Waals surface area contributed by atoms with E-state index in [2.05, 4.69) is 24.9 Å². The molecule has 0 aromatic heterocycles. The molecular weight excluding hydrogens is 272 g/mol. The van der Waals surface area contributed by atoms with Crippen LogP contribution < -0.4 is 5.73 Å². The molecule has 0 aliphatic carbocycles. The van der Waals surface area contributed by atoms with Gasteiger partial charge < -0.3 is 10.5 Å². The van der Waals surface area contributed by atoms with Crippen molar-refractivity contribution in [2.24, 2.45) is 5.73 Å². The molecule has 114 valence electrons. The summed E-state index contributed by atoms with van der Waals surface area (Å²) >= 11 is 6.10. The molecule has 1 aromatic rings. The Balaban J connectivity index is 2.78. The van der Waals surface area contributed by atoms with Gasteiger partial charge in [-0.25, -0.2) is 0 Å². The number of ether oxygens (including phenoxy) is 1. The Morgan fingerprint density at radius 2 is 2.05 bits per heavy atom. The van der Waals surface area contributed by atoms with Gasteiger partial charge in [0.2, 0.25) is 0 Å². The molecule has 0 saturated carbocycles. The van der Waals surface area contributed by atoms with E-state index in [1.807, 2.05) is 32.0 Å². The molecule has 0 heterocycles. The Morgan fingerprint density at radius 3 is 2.60 bits per heavy atom. The van der Waals surface area contributed by atoms with E-state index in [0.717, 1.165) is 18.0 Å². The van der Waals surface area contributed by atoms with Crippen molar-refractivity contribution in [3.05, 3.63) is 34.9 Å². The van der Waals surface area contributed by atoms with Gasteiger partial charge in [-0.1, -0.05) is 30.7 Å². The van der Waals surface area contributed by atoms with E-state index in [9.17, 15) is 0 Å². The Hall–Kier alpha value is -0.610. The van der Waals surface area contributed by atoms with Crippen LogP contribution >= 0.6 is 11.6 Å². The first kappa shape index (κ1) is 17.4. The number of hydrogen-bond acceptors (Lipinski definition) is 3. The van der Waals surface area contributed by atoms with Crippen LogP contribution in [0.3, 0.4) is 0 Å². The Labute approximate surface area is 128 Å². The zero-order chi connectivity index (χ0) is 15.1. The third kappa shape index (κ3) is 5.41. The molecule has 0 radical (unpaired) electrons. The molecule has 0 bridgehead atoms. The third-order valence-corrected chi connectivity index (χ3v) is 3.67. The first-order chi connectivity index (χ1) is 9.45. The lowest BCUT2D eigenvalue weighted by molar-refractivity contribution is 0.0527. The minimum Gasteiger partial charge on any atom is -0.377 e. The summed E-state index contributed by atoms with van der Waals surface area (Å²) in [5.41, 5.74) is 7.47. The smallest absolute Gasteiger partial charge is 0.0597 e. The van der Waals surface area contributed by atoms with E-state index in [1.165, 1.54) is 5.56 Å². The maximum atomic E-state index is 6.31. The number of nitrogens with two attached hydrogens (primary N) is 1. The minimum absolute atomic E-state index is 0.0810. The standard InChI is InChI=1S/C16H27ClN2O/c1-5-15(18)16(13-7-6-8-14(17)11-13)19(4)9-10-20-12(2)3/h6-8,11-12,15-16H,5,9-10,18H2,1-4H3. The van der Waals surface area contributed by atoms with Gasteiger partial charge in [-0.2, -0.15) is 0 Å². The van der Waals surface area contributed by atoms with Gasteiger partial charge in [-0.15, -0.1) is 0 Å². The molecule has 0 aliphatic heterocycles. The summed E-state index contributed by atoms with van der Waals surface area (Å²) in [5, 5.41) is 0.752. The molecule has 1 rings (SSSR count). The highest BCUT2D eigenvalue weighted by molar-refractivity contribution is 6.30. The highest BCUT2D eigenvalue weighted by Gasteiger charge is 2.23. The molecule has 4 heteroatoms. The number of nitrogens with zero attached hydrogens (tertiary/aromatic N) is 1. The average molecular weight is 299 g/mol. The minimum atomic E-state index is 0.0810. The van der Waals surface area contributed by atoms with Crippen LogP contribution in [0.1, 0.15) is 38.8 Å². The van der Waals surface area contributed by atoms with E-state index >= 15 is 0 Å². The van der Waals surface area contributed by atoms with Gasteiger partial charge in [0.1, 0.15) is 0 Å². The molecule has 0 amide bonds. The highest BCUT2D eigenvalue weighted by Crippen LogP contribution is 2.26. The van der Waals surface area contributed by atoms with Crippen molar-refractivity contribution in [1.29, 1.82) is 0 Å². The van der Waals surface area contributed by atoms with E-state index in [1.54, 1.807) is 0 Å². The lowest BCUT2D eigenvalue weighted by Crippen LogP contribution is -2.40. The van der Waals surface area contributed by atoms with Gasteiger partial charge >= 0.3 is 0 Å². The number of benzene rings is 1. The van der Waals surface area contributed by atoms with Crippen molar-refractivity contribution >= 4 is 11.6 Å². The summed E-state index contributed by atoms with van der Waals surface area (Å²) in [4.78, 5) is 2.25. The normalized spacial score (nSPS) is 14.8. The topological polar surface area (TPSA) is 38.5 Å². The maximum absolute atomic E-state index is 6.31. The second-order valence-electron chi connectivity index (χ2n) is 5.47. The van der Waals surface area contributed by atoms with Crippen LogP contribution in [-0.4, -0.2) is 37.2 Å². The SMILES string of the molecule is CCC(N)C(c1cccc(Cl)c1)N(C)CCOC(C)C. The van der Waals surface area contributed by atoms with Crippen LogP contribution in [0, 0.1) is 0 Å². The zero-order valence-electron chi connectivity index (χ0n) is 13.0. The van der Waals surface area contributed by atoms with E-state index < -0.39 is 0 Å². The molecule has 0 spiro atoms. The van der Waals surface area contributed by atoms with Gasteiger partial charge in [0.25, 0.3) is 0 Å². The predicted molar refractivity (Wildman–Crippen MR) is 86.2 cm³/mol. The molecule has 20 heavy (non-hydrogen) atoms. The van der Waals surface area contributed by atoms with E-state index in [4.69, 9.17) is 22.1 Å². The molecule has 2 N–H and O–H groups in total. The van der Waals surface area contributed by atoms with Crippen molar-refractivity contribution in [2.75, 3.05) is 20.2 Å². The summed E-state index contributed by atoms with van der Waals surface area (Å²) in [6, 6.07) is 8.20. The Kier molecular flexibility index (Phi) is 7.52. The molecule has 0 aliphatic rings. The quantitative estimate of drug-likeness (QED) is 0.798. The summed E-state index contributed by atoms with van der Waals surface area (Å²) in [7, 11) is 2.09. The van der Waals surface area contributed by atoms with E-state index in [0.29, 0.717) is 6.61 Å². The molecule has 2 atom stereocenters. The van der Waals surface area contributed by atoms with Crippen molar-refractivity contribution in [3.8, 4) is 0 Å². The van der Waals surface area contributed by atoms with Crippen LogP contribution in [0.25, 0.3) is 0 Å². The number of rotatable bonds is 8. The summed E-state index contributed by atoms with van der Waals surface area (Å²) < 4.78 is 5.63. The van der Waals surface area contributed by atoms with Crippen molar-refractivity contribution in [3.63, 3.8) is 0 Å². The molecule has 2 unspecified atom stereocenters. The third-order valence-electron chi connectivity index (χ3n) is 3.44. The van der Waals surface area contributed by atoms with Gasteiger partial charge in [0.15, 0.2) is 0 Å². The molecule has 1 aromatic carbocycles. The Morgan fingerprint density at radius 1 is 1.35 bits per heavy atom. The fraction of sp³-hybridized carbons (Fsp3) is 0.625. The second kappa shape index (κ2) is 8.63. The Bertz CT molecular complexity index is 398. The summed E-state index contributed by atoms with van der Waals surface area (Å²) in [6.45, 7) is 7.77. The highest BCUT2D eigenvalue weighted by atomic mass is 35.5. The molecule has 0 saturated heterocycles. The van der Waals surface area contributed by atoms with Crippen molar-refractivity contribution < 1.29 is 4.74 Å². The van der Waals surface area contributed by atoms with Gasteiger partial charge in [0.05, 0.1) is 12.7 Å². The van der Waals surface area contributed by atoms with Crippen molar-refractivity contribution in [1.82, 2.24) is 4.90 Å². The summed E-state index contributed by atoms with van der Waals surface area (Å²) in [6.07, 6.45) is 1.18. The van der Waals surface area contributed by atoms with E-state index in [-0.39, 0.29) is 18.2 Å². The molecular formula is C16H27ClN2O. The van der Waals surface area contributed by atoms with Gasteiger partial charge in [-0.3, -0.25) is 4.90 Å². The fourth-order valence-corrected chi connectivity index (χ4v) is 2.51. The first-order valence-electron chi connectivity index (χ1n) is 7.28. The second-order valence-corrected chi connectivity index (χ2v) is 5.91.